The molecule has 4 rings (SSSR count). The summed E-state index contributed by atoms with van der Waals surface area (Å²) >= 11 is 0. The van der Waals surface area contributed by atoms with Gasteiger partial charge in [-0.1, -0.05) is 24.1 Å². The number of nitrogens with zero attached hydrogens (tertiary/aromatic N) is 1. The van der Waals surface area contributed by atoms with Gasteiger partial charge in [0.05, 0.1) is 16.2 Å². The van der Waals surface area contributed by atoms with Crippen LogP contribution in [0.4, 0.5) is 0 Å². The number of aryl methyl sites for hydroxylation is 2. The van der Waals surface area contributed by atoms with Crippen molar-refractivity contribution in [3.8, 4) is 0 Å². The molecule has 2 aliphatic carbocycles. The van der Waals surface area contributed by atoms with E-state index in [9.17, 15) is 14.1 Å². The molecule has 1 unspecified atom stereocenters. The fourth-order valence-corrected chi connectivity index (χ4v) is 6.02. The van der Waals surface area contributed by atoms with Crippen LogP contribution in [0.2, 0.25) is 0 Å². The standard InChI is InChI=1S/C26H36N4O4S/c1-16-24(17(2)34-29-16)18-9-10-22-21(23(14-18)35(33)30-20-7-5-6-8-20)13-19(25(31)28-22)15-27-12-11-26(3,4)32/h10,13-14,20,27,30,32H,5-9,11-12,15H2,1-4H3,(H,28,31). The van der Waals surface area contributed by atoms with Crippen LogP contribution in [0.5, 0.6) is 0 Å². The first-order valence-corrected chi connectivity index (χ1v) is 13.5. The molecule has 0 aromatic carbocycles. The zero-order valence-corrected chi connectivity index (χ0v) is 21.8. The molecule has 1 atom stereocenters. The Morgan fingerprint density at radius 1 is 1.29 bits per heavy atom. The van der Waals surface area contributed by atoms with Crippen molar-refractivity contribution in [1.82, 2.24) is 20.2 Å². The number of aromatic amines is 1. The van der Waals surface area contributed by atoms with Crippen LogP contribution < -0.4 is 26.2 Å². The number of nitrogens with one attached hydrogen (secondary N) is 3. The third-order valence-electron chi connectivity index (χ3n) is 6.66. The van der Waals surface area contributed by atoms with E-state index in [1.807, 2.05) is 32.1 Å². The van der Waals surface area contributed by atoms with Crippen molar-refractivity contribution < 1.29 is 13.8 Å². The van der Waals surface area contributed by atoms with Crippen LogP contribution in [0, 0.1) is 13.8 Å². The largest absolute Gasteiger partial charge is 0.390 e. The minimum absolute atomic E-state index is 0.176. The highest BCUT2D eigenvalue weighted by Gasteiger charge is 2.22. The van der Waals surface area contributed by atoms with Gasteiger partial charge < -0.3 is 19.9 Å². The lowest BCUT2D eigenvalue weighted by Crippen LogP contribution is -2.40. The maximum Gasteiger partial charge on any atom is 0.252 e. The summed E-state index contributed by atoms with van der Waals surface area (Å²) in [4.78, 5) is 16.5. The van der Waals surface area contributed by atoms with Crippen molar-refractivity contribution in [2.75, 3.05) is 6.54 Å². The summed E-state index contributed by atoms with van der Waals surface area (Å²) in [5, 5.41) is 18.7. The number of pyridine rings is 1. The van der Waals surface area contributed by atoms with Gasteiger partial charge in [-0.25, -0.2) is 8.93 Å². The quantitative estimate of drug-likeness (QED) is 0.390. The number of rotatable bonds is 9. The highest BCUT2D eigenvalue weighted by Crippen LogP contribution is 2.28. The Morgan fingerprint density at radius 2 is 2.03 bits per heavy atom. The smallest absolute Gasteiger partial charge is 0.252 e. The SMILES string of the molecule is Cc1noc(C)c1C1=CC(S(=O)NC2CCCC2)=c2cc(CNCCC(C)(C)O)c(=O)[nH]c2=CC1. The number of aliphatic hydroxyl groups is 1. The highest BCUT2D eigenvalue weighted by atomic mass is 32.2. The Balaban J connectivity index is 1.76. The fraction of sp³-hybridized carbons (Fsp3) is 0.538. The Labute approximate surface area is 208 Å². The molecular weight excluding hydrogens is 464 g/mol. The van der Waals surface area contributed by atoms with Crippen LogP contribution in [-0.4, -0.2) is 37.6 Å². The number of H-pyrrole nitrogens is 1. The molecule has 4 N–H and O–H groups in total. The van der Waals surface area contributed by atoms with Gasteiger partial charge in [-0.15, -0.1) is 0 Å². The molecular formula is C26H36N4O4S. The van der Waals surface area contributed by atoms with Gasteiger partial charge in [-0.05, 0) is 77.6 Å². The van der Waals surface area contributed by atoms with Crippen molar-refractivity contribution in [1.29, 1.82) is 0 Å². The van der Waals surface area contributed by atoms with E-state index < -0.39 is 16.6 Å². The van der Waals surface area contributed by atoms with E-state index in [0.29, 0.717) is 47.5 Å². The van der Waals surface area contributed by atoms with Crippen LogP contribution in [-0.2, 0) is 17.5 Å². The maximum atomic E-state index is 13.7. The highest BCUT2D eigenvalue weighted by molar-refractivity contribution is 7.92. The van der Waals surface area contributed by atoms with Gasteiger partial charge in [0.25, 0.3) is 5.56 Å². The molecule has 2 aromatic rings. The second kappa shape index (κ2) is 10.7. The van der Waals surface area contributed by atoms with E-state index in [0.717, 1.165) is 47.7 Å². The molecule has 1 saturated carbocycles. The molecule has 2 heterocycles. The van der Waals surface area contributed by atoms with Crippen molar-refractivity contribution in [3.05, 3.63) is 55.6 Å². The molecule has 190 valence electrons. The van der Waals surface area contributed by atoms with Crippen LogP contribution in [0.3, 0.4) is 0 Å². The van der Waals surface area contributed by atoms with E-state index in [-0.39, 0.29) is 11.6 Å². The molecule has 9 heteroatoms. The summed E-state index contributed by atoms with van der Waals surface area (Å²) in [6.45, 7) is 8.23. The molecule has 0 saturated heterocycles. The Morgan fingerprint density at radius 3 is 2.69 bits per heavy atom. The molecule has 2 aliphatic rings. The molecule has 0 aliphatic heterocycles. The van der Waals surface area contributed by atoms with Gasteiger partial charge >= 0.3 is 0 Å². The van der Waals surface area contributed by atoms with E-state index in [4.69, 9.17) is 4.52 Å². The average Bonchev–Trinajstić information content (AvgIpc) is 3.37. The molecule has 1 fully saturated rings. The van der Waals surface area contributed by atoms with Gasteiger partial charge in [0.2, 0.25) is 0 Å². The number of fused-ring (bicyclic) bond motifs is 1. The molecule has 0 spiro atoms. The van der Waals surface area contributed by atoms with Crippen molar-refractivity contribution in [2.45, 2.75) is 84.4 Å². The lowest BCUT2D eigenvalue weighted by atomic mass is 10.0. The van der Waals surface area contributed by atoms with Crippen LogP contribution in [0.1, 0.15) is 75.0 Å². The van der Waals surface area contributed by atoms with E-state index in [1.165, 1.54) is 0 Å². The first-order valence-electron chi connectivity index (χ1n) is 12.3. The van der Waals surface area contributed by atoms with Crippen molar-refractivity contribution >= 4 is 27.5 Å². The molecule has 0 radical (unpaired) electrons. The van der Waals surface area contributed by atoms with Gasteiger partial charge in [0, 0.05) is 34.3 Å². The van der Waals surface area contributed by atoms with Crippen LogP contribution in [0.25, 0.3) is 16.6 Å². The van der Waals surface area contributed by atoms with Crippen molar-refractivity contribution in [3.63, 3.8) is 0 Å². The van der Waals surface area contributed by atoms with Crippen LogP contribution >= 0.6 is 0 Å². The zero-order chi connectivity index (χ0) is 25.2. The van der Waals surface area contributed by atoms with E-state index >= 15 is 0 Å². The predicted molar refractivity (Wildman–Crippen MR) is 139 cm³/mol. The minimum atomic E-state index is -1.45. The summed E-state index contributed by atoms with van der Waals surface area (Å²) in [6.07, 6.45) is 9.38. The van der Waals surface area contributed by atoms with E-state index in [2.05, 4.69) is 20.2 Å². The van der Waals surface area contributed by atoms with Gasteiger partial charge in [0.15, 0.2) is 0 Å². The second-order valence-electron chi connectivity index (χ2n) is 10.2. The third kappa shape index (κ3) is 6.27. The summed E-state index contributed by atoms with van der Waals surface area (Å²) in [7, 11) is -1.45. The normalized spacial score (nSPS) is 17.6. The Bertz CT molecular complexity index is 1290. The van der Waals surface area contributed by atoms with E-state index in [1.54, 1.807) is 13.8 Å². The topological polar surface area (TPSA) is 120 Å². The van der Waals surface area contributed by atoms with Gasteiger partial charge in [-0.3, -0.25) is 4.79 Å². The monoisotopic (exact) mass is 500 g/mol. The summed E-state index contributed by atoms with van der Waals surface area (Å²) in [6, 6.07) is 2.07. The number of hydrogen-bond acceptors (Lipinski definition) is 6. The van der Waals surface area contributed by atoms with Crippen LogP contribution in [0.15, 0.2) is 21.5 Å². The number of aromatic nitrogens is 2. The zero-order valence-electron chi connectivity index (χ0n) is 21.0. The summed E-state index contributed by atoms with van der Waals surface area (Å²) in [5.74, 6) is 0.715. The predicted octanol–water partition coefficient (Wildman–Crippen LogP) is 1.80. The number of allylic oxidation sites excluding steroid dienone is 1. The Kier molecular flexibility index (Phi) is 7.90. The number of hydrogen-bond donors (Lipinski definition) is 4. The van der Waals surface area contributed by atoms with Gasteiger partial charge in [-0.2, -0.15) is 0 Å². The van der Waals surface area contributed by atoms with Gasteiger partial charge in [0.1, 0.15) is 16.7 Å². The lowest BCUT2D eigenvalue weighted by Gasteiger charge is -2.17. The fourth-order valence-electron chi connectivity index (χ4n) is 4.74. The first kappa shape index (κ1) is 25.8. The summed E-state index contributed by atoms with van der Waals surface area (Å²) < 4.78 is 22.4. The minimum Gasteiger partial charge on any atom is -0.390 e. The molecule has 2 aromatic heterocycles. The molecule has 0 bridgehead atoms. The summed E-state index contributed by atoms with van der Waals surface area (Å²) in [5.41, 5.74) is 2.28. The third-order valence-corrected chi connectivity index (χ3v) is 7.94. The first-order chi connectivity index (χ1) is 16.6. The molecule has 8 nitrogen and oxygen atoms in total. The molecule has 35 heavy (non-hydrogen) atoms. The second-order valence-corrected chi connectivity index (χ2v) is 11.4. The average molecular weight is 501 g/mol. The van der Waals surface area contributed by atoms with Crippen molar-refractivity contribution in [2.24, 2.45) is 0 Å². The lowest BCUT2D eigenvalue weighted by molar-refractivity contribution is 0.0711. The Hall–Kier alpha value is -2.33. The molecule has 0 amide bonds. The maximum absolute atomic E-state index is 13.7.